The van der Waals surface area contributed by atoms with Crippen molar-refractivity contribution >= 4 is 34.9 Å². The van der Waals surface area contributed by atoms with E-state index >= 15 is 0 Å². The molecular weight excluding hydrogens is 451 g/mol. The summed E-state index contributed by atoms with van der Waals surface area (Å²) in [6.07, 6.45) is -3.50. The van der Waals surface area contributed by atoms with Crippen LogP contribution in [0.15, 0.2) is 47.8 Å². The maximum absolute atomic E-state index is 13.0. The number of pyridine rings is 1. The minimum Gasteiger partial charge on any atom is -0.339 e. The third-order valence-electron chi connectivity index (χ3n) is 5.04. The van der Waals surface area contributed by atoms with Gasteiger partial charge in [0.25, 0.3) is 0 Å². The number of aromatic nitrogens is 3. The van der Waals surface area contributed by atoms with Crippen molar-refractivity contribution in [2.24, 2.45) is 0 Å². The van der Waals surface area contributed by atoms with Crippen molar-refractivity contribution in [3.8, 4) is 0 Å². The van der Waals surface area contributed by atoms with Crippen molar-refractivity contribution in [1.82, 2.24) is 24.4 Å². The molecule has 31 heavy (non-hydrogen) atoms. The molecule has 1 aliphatic rings. The van der Waals surface area contributed by atoms with Gasteiger partial charge in [0.05, 0.1) is 11.3 Å². The first-order chi connectivity index (χ1) is 14.8. The lowest BCUT2D eigenvalue weighted by Gasteiger charge is -2.34. The van der Waals surface area contributed by atoms with Crippen molar-refractivity contribution < 1.29 is 18.0 Å². The fourth-order valence-corrected chi connectivity index (χ4v) is 4.43. The first-order valence-electron chi connectivity index (χ1n) is 9.59. The fourth-order valence-electron chi connectivity index (χ4n) is 3.40. The lowest BCUT2D eigenvalue weighted by molar-refractivity contribution is -0.138. The van der Waals surface area contributed by atoms with Gasteiger partial charge >= 0.3 is 6.18 Å². The monoisotopic (exact) mass is 469 g/mol. The van der Waals surface area contributed by atoms with Gasteiger partial charge in [0.15, 0.2) is 10.8 Å². The van der Waals surface area contributed by atoms with Crippen molar-refractivity contribution in [2.45, 2.75) is 17.9 Å². The van der Waals surface area contributed by atoms with Crippen LogP contribution in [-0.2, 0) is 17.5 Å². The zero-order valence-corrected chi connectivity index (χ0v) is 17.9. The highest BCUT2D eigenvalue weighted by atomic mass is 35.5. The molecule has 11 heteroatoms. The van der Waals surface area contributed by atoms with Crippen molar-refractivity contribution in [1.29, 1.82) is 0 Å². The van der Waals surface area contributed by atoms with Gasteiger partial charge in [-0.15, -0.1) is 10.2 Å². The van der Waals surface area contributed by atoms with Crippen molar-refractivity contribution in [2.75, 3.05) is 31.9 Å². The van der Waals surface area contributed by atoms with Crippen LogP contribution >= 0.6 is 23.4 Å². The first kappa shape index (κ1) is 21.9. The quantitative estimate of drug-likeness (QED) is 0.531. The van der Waals surface area contributed by atoms with E-state index in [1.807, 2.05) is 24.3 Å². The summed E-state index contributed by atoms with van der Waals surface area (Å²) < 4.78 is 40.2. The Labute approximate surface area is 186 Å². The summed E-state index contributed by atoms with van der Waals surface area (Å²) in [7, 11) is 0. The number of thioether (sulfide) groups is 1. The van der Waals surface area contributed by atoms with E-state index in [1.54, 1.807) is 4.90 Å². The summed E-state index contributed by atoms with van der Waals surface area (Å²) in [5.41, 5.74) is 0.640. The molecule has 0 unspecified atom stereocenters. The number of hydrogen-bond acceptors (Lipinski definition) is 5. The molecule has 3 heterocycles. The Kier molecular flexibility index (Phi) is 6.40. The summed E-state index contributed by atoms with van der Waals surface area (Å²) in [5, 5.41) is 8.75. The third-order valence-corrected chi connectivity index (χ3v) is 6.21. The van der Waals surface area contributed by atoms with Gasteiger partial charge < -0.3 is 4.90 Å². The van der Waals surface area contributed by atoms with Gasteiger partial charge in [-0.3, -0.25) is 14.1 Å². The number of benzene rings is 1. The summed E-state index contributed by atoms with van der Waals surface area (Å²) in [5.74, 6) is 0.0156. The number of piperazine rings is 1. The summed E-state index contributed by atoms with van der Waals surface area (Å²) in [6, 6.07) is 9.94. The average Bonchev–Trinajstić information content (AvgIpc) is 3.14. The number of hydrogen-bond donors (Lipinski definition) is 0. The SMILES string of the molecule is O=C(CSc1nnc2ccc(C(F)(F)F)cn12)N1CCN(Cc2cccc(Cl)c2)CC1. The van der Waals surface area contributed by atoms with Crippen LogP contribution in [0.5, 0.6) is 0 Å². The zero-order chi connectivity index (χ0) is 22.0. The first-order valence-corrected chi connectivity index (χ1v) is 11.0. The molecule has 0 bridgehead atoms. The van der Waals surface area contributed by atoms with Crippen LogP contribution in [0.4, 0.5) is 13.2 Å². The zero-order valence-electron chi connectivity index (χ0n) is 16.3. The molecule has 0 atom stereocenters. The van der Waals surface area contributed by atoms with E-state index in [0.29, 0.717) is 23.8 Å². The third kappa shape index (κ3) is 5.31. The molecule has 0 radical (unpaired) electrons. The summed E-state index contributed by atoms with van der Waals surface area (Å²) in [4.78, 5) is 16.6. The molecule has 1 saturated heterocycles. The standard InChI is InChI=1S/C20H19ClF3N5OS/c21-16-3-1-2-14(10-16)11-27-6-8-28(9-7-27)18(30)13-31-19-26-25-17-5-4-15(12-29(17)19)20(22,23)24/h1-5,10,12H,6-9,11,13H2. The molecule has 1 amide bonds. The van der Waals surface area contributed by atoms with E-state index in [4.69, 9.17) is 11.6 Å². The average molecular weight is 470 g/mol. The number of nitrogens with zero attached hydrogens (tertiary/aromatic N) is 5. The highest BCUT2D eigenvalue weighted by Crippen LogP contribution is 2.30. The molecule has 0 aliphatic carbocycles. The molecule has 1 aliphatic heterocycles. The van der Waals surface area contributed by atoms with Crippen LogP contribution in [0.25, 0.3) is 5.65 Å². The van der Waals surface area contributed by atoms with Gasteiger partial charge in [0, 0.05) is 43.9 Å². The minimum absolute atomic E-state index is 0.0730. The molecule has 6 nitrogen and oxygen atoms in total. The molecule has 1 aromatic carbocycles. The molecule has 0 N–H and O–H groups in total. The van der Waals surface area contributed by atoms with Gasteiger partial charge in [-0.1, -0.05) is 35.5 Å². The largest absolute Gasteiger partial charge is 0.417 e. The number of fused-ring (bicyclic) bond motifs is 1. The second-order valence-electron chi connectivity index (χ2n) is 7.20. The molecule has 164 valence electrons. The van der Waals surface area contributed by atoms with Crippen LogP contribution in [0, 0.1) is 0 Å². The van der Waals surface area contributed by atoms with Gasteiger partial charge in [0.2, 0.25) is 5.91 Å². The predicted molar refractivity (Wildman–Crippen MR) is 112 cm³/mol. The molecule has 2 aromatic heterocycles. The lowest BCUT2D eigenvalue weighted by atomic mass is 10.2. The van der Waals surface area contributed by atoms with Crippen LogP contribution in [0.1, 0.15) is 11.1 Å². The van der Waals surface area contributed by atoms with Crippen molar-refractivity contribution in [3.05, 3.63) is 58.7 Å². The summed E-state index contributed by atoms with van der Waals surface area (Å²) in [6.45, 7) is 3.44. The summed E-state index contributed by atoms with van der Waals surface area (Å²) >= 11 is 7.12. The molecule has 0 saturated carbocycles. The van der Waals surface area contributed by atoms with Crippen LogP contribution in [-0.4, -0.2) is 62.2 Å². The normalized spacial score (nSPS) is 15.5. The fraction of sp³-hybridized carbons (Fsp3) is 0.350. The lowest BCUT2D eigenvalue weighted by Crippen LogP contribution is -2.48. The number of carbonyl (C=O) groups is 1. The highest BCUT2D eigenvalue weighted by Gasteiger charge is 2.31. The van der Waals surface area contributed by atoms with Gasteiger partial charge in [-0.25, -0.2) is 0 Å². The van der Waals surface area contributed by atoms with Gasteiger partial charge in [-0.05, 0) is 29.8 Å². The number of alkyl halides is 3. The minimum atomic E-state index is -4.46. The van der Waals surface area contributed by atoms with Gasteiger partial charge in [0.1, 0.15) is 0 Å². The number of carbonyl (C=O) groups excluding carboxylic acids is 1. The Bertz CT molecular complexity index is 1080. The van der Waals surface area contributed by atoms with Crippen molar-refractivity contribution in [3.63, 3.8) is 0 Å². The molecule has 1 fully saturated rings. The maximum atomic E-state index is 13.0. The number of rotatable bonds is 5. The Morgan fingerprint density at radius 1 is 1.10 bits per heavy atom. The van der Waals surface area contributed by atoms with E-state index in [0.717, 1.165) is 49.2 Å². The predicted octanol–water partition coefficient (Wildman–Crippen LogP) is 3.84. The number of amides is 1. The topological polar surface area (TPSA) is 53.7 Å². The highest BCUT2D eigenvalue weighted by molar-refractivity contribution is 7.99. The Morgan fingerprint density at radius 3 is 2.58 bits per heavy atom. The Morgan fingerprint density at radius 2 is 1.87 bits per heavy atom. The van der Waals surface area contributed by atoms with E-state index in [9.17, 15) is 18.0 Å². The van der Waals surface area contributed by atoms with Crippen LogP contribution < -0.4 is 0 Å². The van der Waals surface area contributed by atoms with Crippen LogP contribution in [0.2, 0.25) is 5.02 Å². The Balaban J connectivity index is 1.31. The number of halogens is 4. The van der Waals surface area contributed by atoms with E-state index in [2.05, 4.69) is 15.1 Å². The van der Waals surface area contributed by atoms with Gasteiger partial charge in [-0.2, -0.15) is 13.2 Å². The van der Waals surface area contributed by atoms with E-state index in [1.165, 1.54) is 10.5 Å². The molecule has 0 spiro atoms. The Hall–Kier alpha value is -2.30. The van der Waals surface area contributed by atoms with E-state index in [-0.39, 0.29) is 16.8 Å². The maximum Gasteiger partial charge on any atom is 0.417 e. The molecular formula is C20H19ClF3N5OS. The second kappa shape index (κ2) is 9.05. The van der Waals surface area contributed by atoms with Crippen LogP contribution in [0.3, 0.4) is 0 Å². The smallest absolute Gasteiger partial charge is 0.339 e. The molecule has 3 aromatic rings. The second-order valence-corrected chi connectivity index (χ2v) is 8.58. The van der Waals surface area contributed by atoms with E-state index < -0.39 is 11.7 Å². The molecule has 4 rings (SSSR count).